The molecule has 0 fully saturated rings. The third-order valence-corrected chi connectivity index (χ3v) is 11.1. The molecule has 6 aromatic carbocycles. The summed E-state index contributed by atoms with van der Waals surface area (Å²) < 4.78 is 39.1. The van der Waals surface area contributed by atoms with E-state index in [0.29, 0.717) is 28.4 Å². The number of halogens is 2. The van der Waals surface area contributed by atoms with Gasteiger partial charge >= 0.3 is 0 Å². The summed E-state index contributed by atoms with van der Waals surface area (Å²) >= 11 is 0. The van der Waals surface area contributed by atoms with Gasteiger partial charge in [0.25, 0.3) is 0 Å². The minimum absolute atomic E-state index is 0. The fourth-order valence-electron chi connectivity index (χ4n) is 8.32. The summed E-state index contributed by atoms with van der Waals surface area (Å²) in [7, 11) is 0. The second-order valence-electron chi connectivity index (χ2n) is 15.8. The number of aromatic nitrogens is 2. The number of nitrogens with zero attached hydrogens (tertiary/aromatic N) is 5. The zero-order valence-corrected chi connectivity index (χ0v) is 36.7. The van der Waals surface area contributed by atoms with E-state index in [1.807, 2.05) is 72.4 Å². The molecule has 308 valence electrons. The van der Waals surface area contributed by atoms with Gasteiger partial charge in [-0.25, -0.2) is 13.8 Å². The minimum atomic E-state index is -0.598. The monoisotopic (exact) mass is 985 g/mol. The molecule has 9 heteroatoms. The first kappa shape index (κ1) is 41.4. The molecule has 0 unspecified atom stereocenters. The summed E-state index contributed by atoms with van der Waals surface area (Å²) in [5.74, 6) is 0.489. The van der Waals surface area contributed by atoms with Crippen molar-refractivity contribution < 1.29 is 34.6 Å². The van der Waals surface area contributed by atoms with Crippen molar-refractivity contribution in [3.05, 3.63) is 180 Å². The molecule has 0 radical (unpaired) electrons. The number of ether oxygens (including phenoxy) is 1. The van der Waals surface area contributed by atoms with Crippen LogP contribution in [0.4, 0.5) is 37.2 Å². The number of fused-ring (bicyclic) bond motifs is 4. The predicted octanol–water partition coefficient (Wildman–Crippen LogP) is 14.7. The molecule has 0 N–H and O–H groups in total. The van der Waals surface area contributed by atoms with Gasteiger partial charge in [0, 0.05) is 61.3 Å². The average Bonchev–Trinajstić information content (AvgIpc) is 3.79. The summed E-state index contributed by atoms with van der Waals surface area (Å²) in [6.45, 7) is 20.6. The Kier molecular flexibility index (Phi) is 11.5. The first-order valence-corrected chi connectivity index (χ1v) is 20.3. The number of anilines is 4. The molecule has 0 spiro atoms. The van der Waals surface area contributed by atoms with Gasteiger partial charge in [-0.2, -0.15) is 6.07 Å². The van der Waals surface area contributed by atoms with Crippen molar-refractivity contribution in [3.8, 4) is 28.4 Å². The Bertz CT molecular complexity index is 2940. The Balaban J connectivity index is 0.00000514. The Hall–Kier alpha value is -6.29. The number of benzene rings is 6. The normalized spacial score (nSPS) is 12.3. The minimum Gasteiger partial charge on any atom is -0.510 e. The molecule has 0 saturated carbocycles. The van der Waals surface area contributed by atoms with E-state index in [1.54, 1.807) is 12.1 Å². The predicted molar refractivity (Wildman–Crippen MR) is 238 cm³/mol. The van der Waals surface area contributed by atoms with Gasteiger partial charge in [-0.15, -0.1) is 48.1 Å². The quantitative estimate of drug-likeness (QED) is 0.128. The van der Waals surface area contributed by atoms with Crippen LogP contribution in [-0.4, -0.2) is 9.55 Å². The van der Waals surface area contributed by atoms with Crippen molar-refractivity contribution in [1.82, 2.24) is 9.55 Å². The molecular formula is C52H42F2N5OPt-3. The van der Waals surface area contributed by atoms with Crippen LogP contribution in [0.15, 0.2) is 121 Å². The Morgan fingerprint density at radius 3 is 2.13 bits per heavy atom. The maximum atomic E-state index is 15.2. The average molecular weight is 986 g/mol. The first-order chi connectivity index (χ1) is 29.1. The van der Waals surface area contributed by atoms with Crippen molar-refractivity contribution in [3.63, 3.8) is 0 Å². The van der Waals surface area contributed by atoms with Gasteiger partial charge in [0.05, 0.1) is 17.8 Å². The third-order valence-electron chi connectivity index (χ3n) is 11.1. The molecule has 1 aliphatic rings. The largest absolute Gasteiger partial charge is 0.510 e. The molecule has 0 saturated heterocycles. The summed E-state index contributed by atoms with van der Waals surface area (Å²) in [5.41, 5.74) is 9.18. The number of rotatable bonds is 10. The molecule has 1 aliphatic heterocycles. The standard InChI is InChI=1S/C52H42F2N5O.Pt/c1-7-13-34-22-23-56-50(24-34)59-46-17-9-8-14-40(46)41-21-20-38(30-49(41)59)60-39-28-36(55-6)27-37(29-39)57-31-58(48-19-11-10-18-47(48)57)52-42(32(2)3)25-35(26-43(52)33(4)5)51-44(53)15-12-16-45(51)54;/h8-12,14-28,31-33H,7,13H2,1-5H3;/q-3;. The topological polar surface area (TPSA) is 37.9 Å². The van der Waals surface area contributed by atoms with Crippen LogP contribution < -0.4 is 14.5 Å². The Morgan fingerprint density at radius 2 is 1.44 bits per heavy atom. The number of pyridine rings is 1. The second kappa shape index (κ2) is 17.0. The van der Waals surface area contributed by atoms with Gasteiger partial charge in [-0.1, -0.05) is 83.0 Å². The summed E-state index contributed by atoms with van der Waals surface area (Å²) in [6, 6.07) is 42.7. The number of hydrogen-bond acceptors (Lipinski definition) is 4. The Morgan fingerprint density at radius 1 is 0.754 bits per heavy atom. The summed E-state index contributed by atoms with van der Waals surface area (Å²) in [4.78, 5) is 12.8. The number of para-hydroxylation sites is 3. The fourth-order valence-corrected chi connectivity index (χ4v) is 8.32. The molecule has 6 nitrogen and oxygen atoms in total. The molecular weight excluding hydrogens is 944 g/mol. The van der Waals surface area contributed by atoms with Crippen LogP contribution in [-0.2, 0) is 27.5 Å². The van der Waals surface area contributed by atoms with E-state index in [-0.39, 0.29) is 38.5 Å². The van der Waals surface area contributed by atoms with E-state index in [9.17, 15) is 0 Å². The molecule has 3 heterocycles. The molecule has 8 aromatic rings. The van der Waals surface area contributed by atoms with E-state index in [1.165, 1.54) is 23.8 Å². The van der Waals surface area contributed by atoms with E-state index >= 15 is 8.78 Å². The zero-order valence-electron chi connectivity index (χ0n) is 34.4. The first-order valence-electron chi connectivity index (χ1n) is 20.3. The maximum absolute atomic E-state index is 15.2. The molecule has 2 aromatic heterocycles. The second-order valence-corrected chi connectivity index (χ2v) is 15.8. The Labute approximate surface area is 370 Å². The van der Waals surface area contributed by atoms with Crippen molar-refractivity contribution in [1.29, 1.82) is 0 Å². The smallest absolute Gasteiger partial charge is 0.135 e. The fraction of sp³-hybridized carbons (Fsp3) is 0.173. The van der Waals surface area contributed by atoms with Gasteiger partial charge < -0.3 is 19.1 Å². The van der Waals surface area contributed by atoms with Gasteiger partial charge in [0.15, 0.2) is 0 Å². The number of aryl methyl sites for hydroxylation is 1. The number of hydrogen-bond donors (Lipinski definition) is 0. The zero-order chi connectivity index (χ0) is 41.7. The van der Waals surface area contributed by atoms with Gasteiger partial charge in [-0.05, 0) is 100 Å². The van der Waals surface area contributed by atoms with Crippen molar-refractivity contribution in [2.75, 3.05) is 9.80 Å². The van der Waals surface area contributed by atoms with Gasteiger partial charge in [0.2, 0.25) is 0 Å². The van der Waals surface area contributed by atoms with Crippen LogP contribution in [0.25, 0.3) is 43.6 Å². The van der Waals surface area contributed by atoms with Crippen molar-refractivity contribution in [2.45, 2.75) is 59.3 Å². The molecule has 0 atom stereocenters. The van der Waals surface area contributed by atoms with Crippen molar-refractivity contribution >= 4 is 50.2 Å². The van der Waals surface area contributed by atoms with Crippen LogP contribution in [0.5, 0.6) is 11.5 Å². The van der Waals surface area contributed by atoms with Crippen LogP contribution in [0.2, 0.25) is 0 Å². The van der Waals surface area contributed by atoms with E-state index in [0.717, 1.165) is 68.7 Å². The van der Waals surface area contributed by atoms with Crippen LogP contribution in [0.3, 0.4) is 0 Å². The van der Waals surface area contributed by atoms with Crippen LogP contribution >= 0.6 is 0 Å². The van der Waals surface area contributed by atoms with Gasteiger partial charge in [-0.3, -0.25) is 4.85 Å². The molecule has 9 rings (SSSR count). The summed E-state index contributed by atoms with van der Waals surface area (Å²) in [6.07, 6.45) is 3.85. The van der Waals surface area contributed by atoms with Crippen molar-refractivity contribution in [2.24, 2.45) is 0 Å². The van der Waals surface area contributed by atoms with E-state index in [2.05, 4.69) is 91.4 Å². The van der Waals surface area contributed by atoms with E-state index in [4.69, 9.17) is 16.3 Å². The van der Waals surface area contributed by atoms with Gasteiger partial charge in [0.1, 0.15) is 17.5 Å². The SMILES string of the molecule is [C-]#[N+]c1cc(Oc2[c-]c3c(cc2)c2ccccc2n3-c2cc(CCC)ccn2)[c-]c(N2[CH-]N(c3c(C(C)C)cc(-c4c(F)cccc4F)cc3C(C)C)c3ccccc32)c1.[Pt]. The van der Waals surface area contributed by atoms with Crippen LogP contribution in [0.1, 0.15) is 69.6 Å². The maximum Gasteiger partial charge on any atom is 0.135 e. The molecule has 0 aliphatic carbocycles. The van der Waals surface area contributed by atoms with Crippen LogP contribution in [0, 0.1) is 37.0 Å². The molecule has 61 heavy (non-hydrogen) atoms. The van der Waals surface area contributed by atoms with E-state index < -0.39 is 11.6 Å². The molecule has 0 bridgehead atoms. The third kappa shape index (κ3) is 7.57. The molecule has 0 amide bonds. The summed E-state index contributed by atoms with van der Waals surface area (Å²) in [5, 5.41) is 2.11.